The molecule has 2 heterocycles. The molecule has 3 rings (SSSR count). The number of piperidine rings is 1. The molecule has 0 bridgehead atoms. The van der Waals surface area contributed by atoms with Crippen LogP contribution in [0.3, 0.4) is 0 Å². The lowest BCUT2D eigenvalue weighted by atomic mass is 9.98. The van der Waals surface area contributed by atoms with Crippen LogP contribution in [0.25, 0.3) is 0 Å². The summed E-state index contributed by atoms with van der Waals surface area (Å²) in [5.41, 5.74) is 7.12. The maximum atomic E-state index is 12.3. The fraction of sp³-hybridized carbons (Fsp3) is 0.308. The highest BCUT2D eigenvalue weighted by atomic mass is 16.3. The minimum atomic E-state index is -1.76. The van der Waals surface area contributed by atoms with Crippen LogP contribution >= 0.6 is 0 Å². The van der Waals surface area contributed by atoms with Crippen molar-refractivity contribution in [3.05, 3.63) is 29.3 Å². The summed E-state index contributed by atoms with van der Waals surface area (Å²) in [4.78, 5) is 36.6. The quantitative estimate of drug-likeness (QED) is 0.348. The molecule has 0 saturated carbocycles. The van der Waals surface area contributed by atoms with Gasteiger partial charge in [0.2, 0.25) is 0 Å². The maximum Gasteiger partial charge on any atom is 0.258 e. The standard InChI is InChI=1S/C13H13N3O5/c14-7-3-1-2-5-6(7)4-16(13(5)21)8-9(17)10(18)12(20)15-11(8)19/h1-3,8-10,17-18H,4,14H2,(H,15,19,20). The van der Waals surface area contributed by atoms with Gasteiger partial charge < -0.3 is 20.8 Å². The predicted molar refractivity (Wildman–Crippen MR) is 69.7 cm³/mol. The van der Waals surface area contributed by atoms with Crippen LogP contribution in [0.2, 0.25) is 0 Å². The number of nitrogens with one attached hydrogen (secondary N) is 1. The van der Waals surface area contributed by atoms with E-state index in [0.717, 1.165) is 4.90 Å². The van der Waals surface area contributed by atoms with Gasteiger partial charge in [0, 0.05) is 23.4 Å². The third kappa shape index (κ3) is 1.88. The zero-order chi connectivity index (χ0) is 15.3. The van der Waals surface area contributed by atoms with Crippen LogP contribution in [0, 0.1) is 0 Å². The van der Waals surface area contributed by atoms with E-state index in [4.69, 9.17) is 5.73 Å². The van der Waals surface area contributed by atoms with Crippen molar-refractivity contribution in [1.82, 2.24) is 10.2 Å². The minimum absolute atomic E-state index is 0.0386. The third-order valence-corrected chi connectivity index (χ3v) is 3.80. The summed E-state index contributed by atoms with van der Waals surface area (Å²) in [5.74, 6) is -2.27. The maximum absolute atomic E-state index is 12.3. The Kier molecular flexibility index (Phi) is 2.92. The van der Waals surface area contributed by atoms with Crippen molar-refractivity contribution < 1.29 is 24.6 Å². The summed E-state index contributed by atoms with van der Waals surface area (Å²) in [5, 5.41) is 21.5. The van der Waals surface area contributed by atoms with E-state index in [1.807, 2.05) is 5.32 Å². The Morgan fingerprint density at radius 3 is 2.57 bits per heavy atom. The summed E-state index contributed by atoms with van der Waals surface area (Å²) in [6.07, 6.45) is -3.44. The number of benzene rings is 1. The molecule has 5 N–H and O–H groups in total. The minimum Gasteiger partial charge on any atom is -0.398 e. The van der Waals surface area contributed by atoms with Gasteiger partial charge >= 0.3 is 0 Å². The lowest BCUT2D eigenvalue weighted by molar-refractivity contribution is -0.155. The van der Waals surface area contributed by atoms with Crippen LogP contribution in [0.5, 0.6) is 0 Å². The molecule has 3 atom stereocenters. The van der Waals surface area contributed by atoms with Gasteiger partial charge in [0.1, 0.15) is 12.1 Å². The molecule has 2 aliphatic heterocycles. The van der Waals surface area contributed by atoms with E-state index in [1.54, 1.807) is 18.2 Å². The summed E-state index contributed by atoms with van der Waals surface area (Å²) >= 11 is 0. The predicted octanol–water partition coefficient (Wildman–Crippen LogP) is -2.03. The highest BCUT2D eigenvalue weighted by Gasteiger charge is 2.48. The number of nitrogens with two attached hydrogens (primary N) is 1. The number of nitrogens with zero attached hydrogens (tertiary/aromatic N) is 1. The summed E-state index contributed by atoms with van der Waals surface area (Å²) in [6, 6.07) is 3.48. The zero-order valence-corrected chi connectivity index (χ0v) is 10.8. The summed E-state index contributed by atoms with van der Waals surface area (Å²) in [6.45, 7) is 0.0386. The van der Waals surface area contributed by atoms with Gasteiger partial charge in [-0.05, 0) is 12.1 Å². The highest BCUT2D eigenvalue weighted by Crippen LogP contribution is 2.30. The molecule has 1 saturated heterocycles. The van der Waals surface area contributed by atoms with E-state index < -0.39 is 36.0 Å². The molecule has 3 amide bonds. The molecule has 1 aromatic carbocycles. The van der Waals surface area contributed by atoms with Gasteiger partial charge in [-0.15, -0.1) is 0 Å². The van der Waals surface area contributed by atoms with Crippen LogP contribution < -0.4 is 11.1 Å². The van der Waals surface area contributed by atoms with Crippen LogP contribution in [0.15, 0.2) is 18.2 Å². The van der Waals surface area contributed by atoms with Crippen LogP contribution in [-0.2, 0) is 16.1 Å². The lowest BCUT2D eigenvalue weighted by Gasteiger charge is -2.35. The Balaban J connectivity index is 1.96. The van der Waals surface area contributed by atoms with Crippen LogP contribution in [-0.4, -0.2) is 51.1 Å². The number of aliphatic hydroxyl groups excluding tert-OH is 2. The molecule has 110 valence electrons. The Labute approximate surface area is 119 Å². The van der Waals surface area contributed by atoms with Crippen LogP contribution in [0.1, 0.15) is 15.9 Å². The molecular formula is C13H13N3O5. The van der Waals surface area contributed by atoms with Crippen molar-refractivity contribution in [3.63, 3.8) is 0 Å². The first-order valence-electron chi connectivity index (χ1n) is 6.31. The molecule has 8 heteroatoms. The van der Waals surface area contributed by atoms with Gasteiger partial charge in [0.05, 0.1) is 0 Å². The molecule has 21 heavy (non-hydrogen) atoms. The first-order valence-corrected chi connectivity index (χ1v) is 6.31. The van der Waals surface area contributed by atoms with Crippen molar-refractivity contribution >= 4 is 23.4 Å². The van der Waals surface area contributed by atoms with Gasteiger partial charge in [-0.25, -0.2) is 0 Å². The van der Waals surface area contributed by atoms with E-state index in [2.05, 4.69) is 0 Å². The number of imide groups is 1. The number of fused-ring (bicyclic) bond motifs is 1. The second-order valence-electron chi connectivity index (χ2n) is 5.04. The van der Waals surface area contributed by atoms with E-state index in [1.165, 1.54) is 0 Å². The zero-order valence-electron chi connectivity index (χ0n) is 10.8. The summed E-state index contributed by atoms with van der Waals surface area (Å²) in [7, 11) is 0. The number of hydrogen-bond donors (Lipinski definition) is 4. The molecule has 0 spiro atoms. The van der Waals surface area contributed by atoms with Crippen molar-refractivity contribution in [2.45, 2.75) is 24.8 Å². The number of carbonyl (C=O) groups is 3. The fourth-order valence-electron chi connectivity index (χ4n) is 2.68. The number of rotatable bonds is 1. The van der Waals surface area contributed by atoms with Gasteiger partial charge in [0.25, 0.3) is 17.7 Å². The molecule has 0 aliphatic carbocycles. The fourth-order valence-corrected chi connectivity index (χ4v) is 2.68. The Morgan fingerprint density at radius 1 is 1.19 bits per heavy atom. The van der Waals surface area contributed by atoms with E-state index in [0.29, 0.717) is 16.8 Å². The van der Waals surface area contributed by atoms with Gasteiger partial charge in [-0.3, -0.25) is 19.7 Å². The Hall–Kier alpha value is -2.45. The molecule has 0 aromatic heterocycles. The molecule has 0 radical (unpaired) electrons. The number of nitrogen functional groups attached to an aromatic ring is 1. The van der Waals surface area contributed by atoms with Gasteiger partial charge in [-0.2, -0.15) is 0 Å². The number of anilines is 1. The van der Waals surface area contributed by atoms with Crippen molar-refractivity contribution in [2.24, 2.45) is 0 Å². The smallest absolute Gasteiger partial charge is 0.258 e. The normalized spacial score (nSPS) is 28.6. The summed E-state index contributed by atoms with van der Waals surface area (Å²) < 4.78 is 0. The largest absolute Gasteiger partial charge is 0.398 e. The van der Waals surface area contributed by atoms with Gasteiger partial charge in [-0.1, -0.05) is 6.07 Å². The number of hydrogen-bond acceptors (Lipinski definition) is 6. The average molecular weight is 291 g/mol. The van der Waals surface area contributed by atoms with Gasteiger partial charge in [0.15, 0.2) is 6.10 Å². The topological polar surface area (TPSA) is 133 Å². The Bertz CT molecular complexity index is 659. The first kappa shape index (κ1) is 13.5. The van der Waals surface area contributed by atoms with Crippen molar-refractivity contribution in [2.75, 3.05) is 5.73 Å². The molecule has 8 nitrogen and oxygen atoms in total. The number of carbonyl (C=O) groups excluding carboxylic acids is 3. The second kappa shape index (κ2) is 4.54. The second-order valence-corrected chi connectivity index (χ2v) is 5.04. The molecule has 2 aliphatic rings. The molecule has 1 fully saturated rings. The van der Waals surface area contributed by atoms with E-state index >= 15 is 0 Å². The monoisotopic (exact) mass is 291 g/mol. The van der Waals surface area contributed by atoms with Crippen molar-refractivity contribution in [3.8, 4) is 0 Å². The number of amides is 3. The van der Waals surface area contributed by atoms with Crippen molar-refractivity contribution in [1.29, 1.82) is 0 Å². The molecule has 1 aromatic rings. The first-order chi connectivity index (χ1) is 9.91. The SMILES string of the molecule is Nc1cccc2c1CN(C1C(=O)NC(=O)C(O)C1O)C2=O. The lowest BCUT2D eigenvalue weighted by Crippen LogP contribution is -2.65. The van der Waals surface area contributed by atoms with E-state index in [-0.39, 0.29) is 6.54 Å². The molecule has 3 unspecified atom stereocenters. The molecular weight excluding hydrogens is 278 g/mol. The number of aliphatic hydroxyl groups is 2. The van der Waals surface area contributed by atoms with E-state index in [9.17, 15) is 24.6 Å². The highest BCUT2D eigenvalue weighted by molar-refractivity contribution is 6.07. The van der Waals surface area contributed by atoms with Crippen LogP contribution in [0.4, 0.5) is 5.69 Å². The third-order valence-electron chi connectivity index (χ3n) is 3.80. The average Bonchev–Trinajstić information content (AvgIpc) is 2.76. The Morgan fingerprint density at radius 2 is 1.90 bits per heavy atom.